The molecule has 1 aromatic heterocycles. The number of aryl methyl sites for hydroxylation is 1. The quantitative estimate of drug-likeness (QED) is 0.908. The van der Waals surface area contributed by atoms with Crippen LogP contribution in [-0.2, 0) is 4.79 Å². The molecule has 1 unspecified atom stereocenters. The summed E-state index contributed by atoms with van der Waals surface area (Å²) >= 11 is 4.88. The predicted octanol–water partition coefficient (Wildman–Crippen LogP) is 3.46. The molecule has 0 fully saturated rings. The van der Waals surface area contributed by atoms with Crippen LogP contribution in [0.2, 0.25) is 0 Å². The van der Waals surface area contributed by atoms with Crippen molar-refractivity contribution in [2.24, 2.45) is 5.73 Å². The number of thiophene rings is 1. The van der Waals surface area contributed by atoms with Gasteiger partial charge < -0.3 is 11.1 Å². The molecule has 1 atom stereocenters. The SMILES string of the molecule is Cc1cc(Br)cc(NC(=O)C(N)c2cccs2)c1. The van der Waals surface area contributed by atoms with Gasteiger partial charge in [0.25, 0.3) is 0 Å². The van der Waals surface area contributed by atoms with Gasteiger partial charge in [0.2, 0.25) is 5.91 Å². The lowest BCUT2D eigenvalue weighted by Crippen LogP contribution is -2.27. The molecule has 3 N–H and O–H groups in total. The maximum atomic E-state index is 12.0. The van der Waals surface area contributed by atoms with Crippen molar-refractivity contribution in [1.29, 1.82) is 0 Å². The van der Waals surface area contributed by atoms with Crippen LogP contribution in [0, 0.1) is 6.92 Å². The van der Waals surface area contributed by atoms with E-state index in [1.807, 2.05) is 42.6 Å². The normalized spacial score (nSPS) is 12.2. The number of halogens is 1. The molecule has 0 saturated heterocycles. The fraction of sp³-hybridized carbons (Fsp3) is 0.154. The van der Waals surface area contributed by atoms with Gasteiger partial charge in [-0.1, -0.05) is 22.0 Å². The number of anilines is 1. The molecule has 1 amide bonds. The first kappa shape index (κ1) is 13.3. The Kier molecular flexibility index (Phi) is 4.16. The molecule has 0 aliphatic heterocycles. The topological polar surface area (TPSA) is 55.1 Å². The second-order valence-electron chi connectivity index (χ2n) is 4.00. The zero-order chi connectivity index (χ0) is 13.1. The molecule has 2 aromatic rings. The molecule has 18 heavy (non-hydrogen) atoms. The standard InChI is InChI=1S/C13H13BrN2OS/c1-8-5-9(14)7-10(6-8)16-13(17)12(15)11-3-2-4-18-11/h2-7,12H,15H2,1H3,(H,16,17). The lowest BCUT2D eigenvalue weighted by molar-refractivity contribution is -0.117. The highest BCUT2D eigenvalue weighted by atomic mass is 79.9. The molecular formula is C13H13BrN2OS. The molecule has 1 heterocycles. The van der Waals surface area contributed by atoms with E-state index < -0.39 is 6.04 Å². The second-order valence-corrected chi connectivity index (χ2v) is 5.89. The van der Waals surface area contributed by atoms with Crippen molar-refractivity contribution < 1.29 is 4.79 Å². The van der Waals surface area contributed by atoms with Gasteiger partial charge in [0.05, 0.1) is 0 Å². The monoisotopic (exact) mass is 324 g/mol. The summed E-state index contributed by atoms with van der Waals surface area (Å²) in [4.78, 5) is 12.8. The summed E-state index contributed by atoms with van der Waals surface area (Å²) < 4.78 is 0.933. The van der Waals surface area contributed by atoms with E-state index in [4.69, 9.17) is 5.73 Å². The van der Waals surface area contributed by atoms with Crippen molar-refractivity contribution in [3.8, 4) is 0 Å². The van der Waals surface area contributed by atoms with Crippen LogP contribution in [0.5, 0.6) is 0 Å². The highest BCUT2D eigenvalue weighted by Crippen LogP contribution is 2.22. The lowest BCUT2D eigenvalue weighted by atomic mass is 10.2. The van der Waals surface area contributed by atoms with E-state index in [1.54, 1.807) is 0 Å². The average Bonchev–Trinajstić information content (AvgIpc) is 2.79. The Bertz CT molecular complexity index is 534. The van der Waals surface area contributed by atoms with Crippen molar-refractivity contribution >= 4 is 38.9 Å². The number of hydrogen-bond acceptors (Lipinski definition) is 3. The summed E-state index contributed by atoms with van der Waals surface area (Å²) in [6.07, 6.45) is 0. The Hall–Kier alpha value is -1.17. The minimum Gasteiger partial charge on any atom is -0.324 e. The van der Waals surface area contributed by atoms with Crippen molar-refractivity contribution in [2.75, 3.05) is 5.32 Å². The Morgan fingerprint density at radius 2 is 2.22 bits per heavy atom. The summed E-state index contributed by atoms with van der Waals surface area (Å²) in [5.74, 6) is -0.199. The van der Waals surface area contributed by atoms with Crippen molar-refractivity contribution in [3.05, 3.63) is 50.6 Å². The summed E-state index contributed by atoms with van der Waals surface area (Å²) in [5.41, 5.74) is 7.72. The smallest absolute Gasteiger partial charge is 0.246 e. The maximum absolute atomic E-state index is 12.0. The number of benzene rings is 1. The first-order valence-electron chi connectivity index (χ1n) is 5.43. The molecule has 0 saturated carbocycles. The van der Waals surface area contributed by atoms with E-state index >= 15 is 0 Å². The van der Waals surface area contributed by atoms with Gasteiger partial charge in [-0.15, -0.1) is 11.3 Å². The van der Waals surface area contributed by atoms with Gasteiger partial charge in [0, 0.05) is 15.0 Å². The Labute approximate surface area is 118 Å². The Morgan fingerprint density at radius 3 is 2.83 bits per heavy atom. The van der Waals surface area contributed by atoms with Crippen LogP contribution in [0.4, 0.5) is 5.69 Å². The van der Waals surface area contributed by atoms with Crippen LogP contribution >= 0.6 is 27.3 Å². The third-order valence-electron chi connectivity index (χ3n) is 2.44. The first-order valence-corrected chi connectivity index (χ1v) is 7.10. The molecular weight excluding hydrogens is 312 g/mol. The van der Waals surface area contributed by atoms with E-state index in [9.17, 15) is 4.79 Å². The zero-order valence-electron chi connectivity index (χ0n) is 9.81. The Morgan fingerprint density at radius 1 is 1.44 bits per heavy atom. The summed E-state index contributed by atoms with van der Waals surface area (Å²) in [5, 5.41) is 4.73. The van der Waals surface area contributed by atoms with Gasteiger partial charge >= 0.3 is 0 Å². The molecule has 3 nitrogen and oxygen atoms in total. The predicted molar refractivity (Wildman–Crippen MR) is 78.8 cm³/mol. The summed E-state index contributed by atoms with van der Waals surface area (Å²) in [7, 11) is 0. The fourth-order valence-corrected chi connectivity index (χ4v) is 2.96. The van der Waals surface area contributed by atoms with Gasteiger partial charge in [0.15, 0.2) is 0 Å². The second kappa shape index (κ2) is 5.65. The van der Waals surface area contributed by atoms with Crippen LogP contribution in [0.25, 0.3) is 0 Å². The fourth-order valence-electron chi connectivity index (χ4n) is 1.63. The van der Waals surface area contributed by atoms with Crippen LogP contribution in [0.15, 0.2) is 40.2 Å². The highest BCUT2D eigenvalue weighted by Gasteiger charge is 2.16. The molecule has 0 aliphatic carbocycles. The number of nitrogens with one attached hydrogen (secondary N) is 1. The van der Waals surface area contributed by atoms with Crippen molar-refractivity contribution in [3.63, 3.8) is 0 Å². The molecule has 5 heteroatoms. The minimum absolute atomic E-state index is 0.199. The van der Waals surface area contributed by atoms with Gasteiger partial charge in [-0.05, 0) is 42.1 Å². The maximum Gasteiger partial charge on any atom is 0.246 e. The summed E-state index contributed by atoms with van der Waals surface area (Å²) in [6, 6.07) is 8.87. The molecule has 0 radical (unpaired) electrons. The number of carbonyl (C=O) groups excluding carboxylic acids is 1. The van der Waals surface area contributed by atoms with Crippen molar-refractivity contribution in [2.45, 2.75) is 13.0 Å². The van der Waals surface area contributed by atoms with Crippen LogP contribution in [-0.4, -0.2) is 5.91 Å². The molecule has 0 bridgehead atoms. The first-order chi connectivity index (χ1) is 8.56. The minimum atomic E-state index is -0.621. The number of hydrogen-bond donors (Lipinski definition) is 2. The molecule has 0 spiro atoms. The zero-order valence-corrected chi connectivity index (χ0v) is 12.2. The Balaban J connectivity index is 2.11. The molecule has 1 aromatic carbocycles. The third kappa shape index (κ3) is 3.19. The largest absolute Gasteiger partial charge is 0.324 e. The summed E-state index contributed by atoms with van der Waals surface area (Å²) in [6.45, 7) is 1.97. The van der Waals surface area contributed by atoms with Crippen LogP contribution in [0.3, 0.4) is 0 Å². The molecule has 2 rings (SSSR count). The van der Waals surface area contributed by atoms with Crippen LogP contribution in [0.1, 0.15) is 16.5 Å². The number of rotatable bonds is 3. The van der Waals surface area contributed by atoms with Gasteiger partial charge in [0.1, 0.15) is 6.04 Å². The third-order valence-corrected chi connectivity index (χ3v) is 3.86. The van der Waals surface area contributed by atoms with Crippen LogP contribution < -0.4 is 11.1 Å². The number of nitrogens with two attached hydrogens (primary N) is 1. The van der Waals surface area contributed by atoms with Gasteiger partial charge in [-0.2, -0.15) is 0 Å². The van der Waals surface area contributed by atoms with Gasteiger partial charge in [-0.25, -0.2) is 0 Å². The average molecular weight is 325 g/mol. The van der Waals surface area contributed by atoms with E-state index in [1.165, 1.54) is 11.3 Å². The van der Waals surface area contributed by atoms with E-state index in [0.717, 1.165) is 20.6 Å². The van der Waals surface area contributed by atoms with Gasteiger partial charge in [-0.3, -0.25) is 4.79 Å². The molecule has 94 valence electrons. The van der Waals surface area contributed by atoms with E-state index in [0.29, 0.717) is 0 Å². The highest BCUT2D eigenvalue weighted by molar-refractivity contribution is 9.10. The molecule has 0 aliphatic rings. The number of carbonyl (C=O) groups is 1. The van der Waals surface area contributed by atoms with Crippen molar-refractivity contribution in [1.82, 2.24) is 0 Å². The number of amides is 1. The lowest BCUT2D eigenvalue weighted by Gasteiger charge is -2.11. The van der Waals surface area contributed by atoms with E-state index in [-0.39, 0.29) is 5.91 Å². The van der Waals surface area contributed by atoms with E-state index in [2.05, 4.69) is 21.2 Å².